The van der Waals surface area contributed by atoms with E-state index in [2.05, 4.69) is 15.2 Å². The molecule has 13 heteroatoms. The molecule has 1 aromatic heterocycles. The summed E-state index contributed by atoms with van der Waals surface area (Å²) in [6, 6.07) is 11.3. The van der Waals surface area contributed by atoms with Gasteiger partial charge in [-0.3, -0.25) is 4.98 Å². The zero-order valence-corrected chi connectivity index (χ0v) is 28.3. The lowest BCUT2D eigenvalue weighted by Gasteiger charge is -2.36. The molecule has 258 valence electrons. The maximum Gasteiger partial charge on any atom is 0.407 e. The van der Waals surface area contributed by atoms with E-state index < -0.39 is 29.1 Å². The van der Waals surface area contributed by atoms with Gasteiger partial charge in [-0.1, -0.05) is 17.7 Å². The number of halogens is 4. The van der Waals surface area contributed by atoms with E-state index in [1.807, 2.05) is 6.07 Å². The molecule has 49 heavy (non-hydrogen) atoms. The van der Waals surface area contributed by atoms with Crippen molar-refractivity contribution in [3.05, 3.63) is 76.7 Å². The van der Waals surface area contributed by atoms with Crippen LogP contribution in [0.15, 0.2) is 48.7 Å². The van der Waals surface area contributed by atoms with Crippen LogP contribution in [-0.2, 0) is 14.2 Å². The molecule has 0 spiro atoms. The zero-order chi connectivity index (χ0) is 35.3. The predicted octanol–water partition coefficient (Wildman–Crippen LogP) is 8.00. The van der Waals surface area contributed by atoms with Crippen LogP contribution in [0.2, 0.25) is 5.02 Å². The summed E-state index contributed by atoms with van der Waals surface area (Å²) in [5, 5.41) is 13.1. The number of hydrogen-bond acceptors (Lipinski definition) is 8. The van der Waals surface area contributed by atoms with Crippen molar-refractivity contribution in [3.63, 3.8) is 0 Å². The molecule has 1 saturated heterocycles. The molecule has 0 saturated carbocycles. The van der Waals surface area contributed by atoms with Gasteiger partial charge >= 0.3 is 6.09 Å². The van der Waals surface area contributed by atoms with Gasteiger partial charge in [0.1, 0.15) is 23.3 Å². The summed E-state index contributed by atoms with van der Waals surface area (Å²) in [5.74, 6) is -2.38. The Morgan fingerprint density at radius 2 is 1.78 bits per heavy atom. The summed E-state index contributed by atoms with van der Waals surface area (Å²) in [7, 11) is 1.52. The number of nitriles is 1. The van der Waals surface area contributed by atoms with Crippen LogP contribution in [0.1, 0.15) is 39.2 Å². The number of alkyl carbamates (subject to hydrolysis) is 1. The average molecular weight is 697 g/mol. The van der Waals surface area contributed by atoms with Crippen molar-refractivity contribution in [2.75, 3.05) is 45.1 Å². The van der Waals surface area contributed by atoms with Crippen LogP contribution in [-0.4, -0.2) is 62.9 Å². The number of benzene rings is 3. The molecule has 9 nitrogen and oxygen atoms in total. The van der Waals surface area contributed by atoms with E-state index in [9.17, 15) is 18.8 Å². The molecule has 5 rings (SSSR count). The highest BCUT2D eigenvalue weighted by Crippen LogP contribution is 2.43. The largest absolute Gasteiger partial charge is 0.465 e. The molecule has 1 amide bonds. The second kappa shape index (κ2) is 15.3. The Labute approximate surface area is 287 Å². The Bertz CT molecular complexity index is 1870. The van der Waals surface area contributed by atoms with Crippen LogP contribution in [0.5, 0.6) is 5.75 Å². The van der Waals surface area contributed by atoms with Gasteiger partial charge in [-0.25, -0.2) is 18.0 Å². The van der Waals surface area contributed by atoms with Crippen molar-refractivity contribution in [2.45, 2.75) is 45.3 Å². The number of nitrogens with one attached hydrogen (secondary N) is 1. The number of fused-ring (bicyclic) bond motifs is 1. The maximum absolute atomic E-state index is 15.9. The zero-order valence-electron chi connectivity index (χ0n) is 27.5. The van der Waals surface area contributed by atoms with Crippen LogP contribution in [0, 0.1) is 28.8 Å². The van der Waals surface area contributed by atoms with Crippen molar-refractivity contribution >= 4 is 34.3 Å². The fourth-order valence-electron chi connectivity index (χ4n) is 5.72. The Hall–Kier alpha value is -4.57. The fourth-order valence-corrected chi connectivity index (χ4v) is 5.92. The lowest BCUT2D eigenvalue weighted by Crippen LogP contribution is -2.46. The van der Waals surface area contributed by atoms with E-state index in [1.165, 1.54) is 25.3 Å². The number of piperidine rings is 1. The first-order valence-corrected chi connectivity index (χ1v) is 16.0. The van der Waals surface area contributed by atoms with Crippen LogP contribution in [0.4, 0.5) is 23.7 Å². The van der Waals surface area contributed by atoms with Crippen LogP contribution in [0.25, 0.3) is 33.2 Å². The Balaban J connectivity index is 1.60. The second-order valence-corrected chi connectivity index (χ2v) is 12.9. The van der Waals surface area contributed by atoms with Gasteiger partial charge in [0.25, 0.3) is 0 Å². The number of carbonyl (C=O) groups is 1. The van der Waals surface area contributed by atoms with Gasteiger partial charge in [-0.05, 0) is 75.1 Å². The van der Waals surface area contributed by atoms with E-state index in [0.29, 0.717) is 60.3 Å². The van der Waals surface area contributed by atoms with Gasteiger partial charge in [0.15, 0.2) is 18.4 Å². The van der Waals surface area contributed by atoms with Gasteiger partial charge in [0.05, 0.1) is 40.6 Å². The molecule has 0 aliphatic carbocycles. The number of pyridine rings is 1. The van der Waals surface area contributed by atoms with Crippen LogP contribution < -0.4 is 15.0 Å². The summed E-state index contributed by atoms with van der Waals surface area (Å²) in [5.41, 5.74) is 1.47. The van der Waals surface area contributed by atoms with Crippen molar-refractivity contribution in [1.29, 1.82) is 5.26 Å². The topological polar surface area (TPSA) is 106 Å². The Morgan fingerprint density at radius 3 is 2.43 bits per heavy atom. The summed E-state index contributed by atoms with van der Waals surface area (Å²) in [6.07, 6.45) is 2.14. The number of hydrogen-bond donors (Lipinski definition) is 1. The molecule has 0 atom stereocenters. The molecule has 0 unspecified atom stereocenters. The minimum Gasteiger partial charge on any atom is -0.465 e. The lowest BCUT2D eigenvalue weighted by atomic mass is 9.95. The van der Waals surface area contributed by atoms with Crippen LogP contribution >= 0.6 is 11.6 Å². The third-order valence-corrected chi connectivity index (χ3v) is 8.12. The summed E-state index contributed by atoms with van der Waals surface area (Å²) < 4.78 is 66.5. The highest BCUT2D eigenvalue weighted by molar-refractivity contribution is 6.31. The van der Waals surface area contributed by atoms with E-state index in [4.69, 9.17) is 30.5 Å². The molecular weight excluding hydrogens is 661 g/mol. The number of amides is 1. The third-order valence-electron chi connectivity index (χ3n) is 7.84. The molecule has 1 aliphatic rings. The van der Waals surface area contributed by atoms with Crippen molar-refractivity contribution < 1.29 is 36.9 Å². The second-order valence-electron chi connectivity index (χ2n) is 12.5. The highest BCUT2D eigenvalue weighted by atomic mass is 35.5. The molecule has 0 bridgehead atoms. The van der Waals surface area contributed by atoms with Gasteiger partial charge < -0.3 is 29.2 Å². The van der Waals surface area contributed by atoms with E-state index in [0.717, 1.165) is 6.07 Å². The summed E-state index contributed by atoms with van der Waals surface area (Å²) in [6.45, 7) is 6.53. The number of aromatic nitrogens is 1. The average Bonchev–Trinajstić information content (AvgIpc) is 3.04. The molecular formula is C36H36ClF3N4O5. The lowest BCUT2D eigenvalue weighted by molar-refractivity contribution is -0.00843. The molecule has 1 fully saturated rings. The highest BCUT2D eigenvalue weighted by Gasteiger charge is 2.28. The number of rotatable bonds is 10. The van der Waals surface area contributed by atoms with Crippen molar-refractivity contribution in [3.8, 4) is 34.1 Å². The van der Waals surface area contributed by atoms with Gasteiger partial charge in [-0.15, -0.1) is 0 Å². The quantitative estimate of drug-likeness (QED) is 0.131. The molecule has 2 heterocycles. The minimum atomic E-state index is -0.807. The summed E-state index contributed by atoms with van der Waals surface area (Å²) >= 11 is 6.25. The number of anilines is 1. The number of nitrogens with zero attached hydrogens (tertiary/aromatic N) is 3. The van der Waals surface area contributed by atoms with E-state index in [-0.39, 0.29) is 46.9 Å². The number of carbonyl (C=O) groups excluding carboxylic acids is 1. The standard InChI is InChI=1S/C36H36ClF3N4O5/c1-36(2,3)49-35(45)43-26-7-9-44(10-8-26)33-27-15-21(5-6-30(27)42-19-28(33)22-13-24(38)17-25(39)14-22)31-32(40)29(37)16-23(18-41)34(31)48-20-47-12-11-46-4/h5-6,13-17,19,26H,7-12,20H2,1-4H3,(H,43,45). The SMILES string of the molecule is COCCOCOc1c(C#N)cc(Cl)c(F)c1-c1ccc2ncc(-c3cc(F)cc(F)c3)c(N3CCC(NC(=O)OC(C)(C)C)CC3)c2c1. The van der Waals surface area contributed by atoms with E-state index in [1.54, 1.807) is 45.2 Å². The normalized spacial score (nSPS) is 13.7. The van der Waals surface area contributed by atoms with E-state index >= 15 is 4.39 Å². The monoisotopic (exact) mass is 696 g/mol. The molecule has 1 aliphatic heterocycles. The Morgan fingerprint density at radius 1 is 1.06 bits per heavy atom. The van der Waals surface area contributed by atoms with Crippen molar-refractivity contribution in [1.82, 2.24) is 10.3 Å². The van der Waals surface area contributed by atoms with Gasteiger partial charge in [0, 0.05) is 49.5 Å². The van der Waals surface area contributed by atoms with Crippen LogP contribution in [0.3, 0.4) is 0 Å². The number of ether oxygens (including phenoxy) is 4. The molecule has 0 radical (unpaired) electrons. The first-order chi connectivity index (χ1) is 23.4. The molecule has 1 N–H and O–H groups in total. The fraction of sp³-hybridized carbons (Fsp3) is 0.361. The predicted molar refractivity (Wildman–Crippen MR) is 180 cm³/mol. The minimum absolute atomic E-state index is 0.00117. The van der Waals surface area contributed by atoms with Gasteiger partial charge in [0.2, 0.25) is 0 Å². The number of methoxy groups -OCH3 is 1. The third kappa shape index (κ3) is 8.54. The first-order valence-electron chi connectivity index (χ1n) is 15.6. The smallest absolute Gasteiger partial charge is 0.407 e. The van der Waals surface area contributed by atoms with Gasteiger partial charge in [-0.2, -0.15) is 5.26 Å². The first kappa shape index (κ1) is 35.7. The molecule has 3 aromatic carbocycles. The van der Waals surface area contributed by atoms with Crippen molar-refractivity contribution in [2.24, 2.45) is 0 Å². The summed E-state index contributed by atoms with van der Waals surface area (Å²) in [4.78, 5) is 19.1. The molecule has 4 aromatic rings. The Kier molecular flexibility index (Phi) is 11.2. The maximum atomic E-state index is 15.9.